The molecule has 2 atom stereocenters. The molecule has 0 saturated carbocycles. The summed E-state index contributed by atoms with van der Waals surface area (Å²) in [6.07, 6.45) is 0.804. The molecule has 0 saturated heterocycles. The Bertz CT molecular complexity index is 566. The second kappa shape index (κ2) is 4.94. The number of fused-ring (bicyclic) bond motifs is 1. The van der Waals surface area contributed by atoms with Crippen molar-refractivity contribution in [1.82, 2.24) is 0 Å². The molecule has 92 valence electrons. The van der Waals surface area contributed by atoms with Gasteiger partial charge in [-0.25, -0.2) is 0 Å². The molecular weight excluding hydrogens is 244 g/mol. The van der Waals surface area contributed by atoms with Gasteiger partial charge in [0.2, 0.25) is 0 Å². The first-order valence-electron chi connectivity index (χ1n) is 6.03. The molecule has 0 amide bonds. The molecule has 2 nitrogen and oxygen atoms in total. The van der Waals surface area contributed by atoms with E-state index in [-0.39, 0.29) is 5.25 Å². The fourth-order valence-electron chi connectivity index (χ4n) is 2.25. The molecule has 2 aromatic carbocycles. The van der Waals surface area contributed by atoms with Crippen LogP contribution in [0.25, 0.3) is 0 Å². The monoisotopic (exact) mass is 258 g/mol. The fraction of sp³-hybridized carbons (Fsp3) is 0.200. The van der Waals surface area contributed by atoms with E-state index in [0.717, 1.165) is 22.6 Å². The zero-order chi connectivity index (χ0) is 12.4. The third-order valence-corrected chi connectivity index (χ3v) is 4.88. The van der Waals surface area contributed by atoms with Crippen LogP contribution in [0.3, 0.4) is 0 Å². The number of para-hydroxylation sites is 1. The lowest BCUT2D eigenvalue weighted by Gasteiger charge is -2.25. The van der Waals surface area contributed by atoms with Crippen molar-refractivity contribution in [1.29, 1.82) is 0 Å². The minimum atomic E-state index is -1.01. The molecule has 3 heteroatoms. The van der Waals surface area contributed by atoms with Crippen molar-refractivity contribution in [3.05, 3.63) is 60.2 Å². The van der Waals surface area contributed by atoms with Crippen molar-refractivity contribution in [3.63, 3.8) is 0 Å². The van der Waals surface area contributed by atoms with E-state index >= 15 is 0 Å². The predicted molar refractivity (Wildman–Crippen MR) is 72.1 cm³/mol. The van der Waals surface area contributed by atoms with Crippen molar-refractivity contribution in [2.75, 3.05) is 6.61 Å². The van der Waals surface area contributed by atoms with Gasteiger partial charge in [0.15, 0.2) is 0 Å². The van der Waals surface area contributed by atoms with Crippen LogP contribution < -0.4 is 4.74 Å². The molecule has 0 fully saturated rings. The summed E-state index contributed by atoms with van der Waals surface area (Å²) < 4.78 is 18.2. The highest BCUT2D eigenvalue weighted by atomic mass is 32.2. The van der Waals surface area contributed by atoms with E-state index in [0.29, 0.717) is 6.61 Å². The van der Waals surface area contributed by atoms with Gasteiger partial charge in [0, 0.05) is 16.9 Å². The molecule has 0 N–H and O–H groups in total. The fourth-order valence-corrected chi connectivity index (χ4v) is 3.74. The summed E-state index contributed by atoms with van der Waals surface area (Å²) in [5.74, 6) is 0.873. The van der Waals surface area contributed by atoms with Gasteiger partial charge < -0.3 is 4.74 Å². The van der Waals surface area contributed by atoms with Crippen LogP contribution in [0.1, 0.15) is 17.2 Å². The summed E-state index contributed by atoms with van der Waals surface area (Å²) in [4.78, 5) is 0.888. The molecule has 2 aromatic rings. The van der Waals surface area contributed by atoms with Crippen LogP contribution in [0, 0.1) is 0 Å². The first-order chi connectivity index (χ1) is 8.86. The van der Waals surface area contributed by atoms with E-state index < -0.39 is 10.8 Å². The van der Waals surface area contributed by atoms with Gasteiger partial charge in [0.25, 0.3) is 0 Å². The molecule has 1 aliphatic heterocycles. The van der Waals surface area contributed by atoms with Gasteiger partial charge in [-0.15, -0.1) is 0 Å². The van der Waals surface area contributed by atoms with Gasteiger partial charge in [-0.2, -0.15) is 0 Å². The highest BCUT2D eigenvalue weighted by molar-refractivity contribution is 7.85. The van der Waals surface area contributed by atoms with Crippen LogP contribution in [0.2, 0.25) is 0 Å². The second-order valence-electron chi connectivity index (χ2n) is 4.27. The third-order valence-electron chi connectivity index (χ3n) is 3.14. The van der Waals surface area contributed by atoms with Crippen LogP contribution in [0.5, 0.6) is 5.75 Å². The average Bonchev–Trinajstić information content (AvgIpc) is 2.47. The molecular formula is C15H14O2S. The molecule has 2 unspecified atom stereocenters. The molecule has 0 aromatic heterocycles. The molecule has 0 bridgehead atoms. The lowest BCUT2D eigenvalue weighted by Crippen LogP contribution is -2.17. The number of rotatable bonds is 2. The zero-order valence-electron chi connectivity index (χ0n) is 9.91. The lowest BCUT2D eigenvalue weighted by atomic mass is 10.1. The minimum absolute atomic E-state index is 0.0392. The van der Waals surface area contributed by atoms with Crippen molar-refractivity contribution >= 4 is 10.8 Å². The topological polar surface area (TPSA) is 26.3 Å². The maximum Gasteiger partial charge on any atom is 0.123 e. The smallest absolute Gasteiger partial charge is 0.123 e. The van der Waals surface area contributed by atoms with Crippen LogP contribution in [0.15, 0.2) is 59.5 Å². The minimum Gasteiger partial charge on any atom is -0.493 e. The highest BCUT2D eigenvalue weighted by Gasteiger charge is 2.26. The van der Waals surface area contributed by atoms with Crippen molar-refractivity contribution < 1.29 is 8.95 Å². The summed E-state index contributed by atoms with van der Waals surface area (Å²) in [6.45, 7) is 0.639. The van der Waals surface area contributed by atoms with Gasteiger partial charge >= 0.3 is 0 Å². The highest BCUT2D eigenvalue weighted by Crippen LogP contribution is 2.37. The van der Waals surface area contributed by atoms with E-state index in [1.54, 1.807) is 0 Å². The van der Waals surface area contributed by atoms with Gasteiger partial charge in [-0.3, -0.25) is 4.21 Å². The number of hydrogen-bond acceptors (Lipinski definition) is 2. The average molecular weight is 258 g/mol. The number of benzene rings is 2. The lowest BCUT2D eigenvalue weighted by molar-refractivity contribution is 0.285. The van der Waals surface area contributed by atoms with E-state index in [4.69, 9.17) is 4.74 Å². The van der Waals surface area contributed by atoms with Crippen LogP contribution in [0.4, 0.5) is 0 Å². The quantitative estimate of drug-likeness (QED) is 0.826. The van der Waals surface area contributed by atoms with Crippen LogP contribution in [-0.2, 0) is 10.8 Å². The molecule has 3 rings (SSSR count). The summed E-state index contributed by atoms with van der Waals surface area (Å²) in [6, 6.07) is 17.5. The van der Waals surface area contributed by atoms with Gasteiger partial charge in [-0.1, -0.05) is 36.4 Å². The Morgan fingerprint density at radius 3 is 2.56 bits per heavy atom. The first kappa shape index (κ1) is 11.5. The molecule has 0 radical (unpaired) electrons. The Kier molecular flexibility index (Phi) is 3.15. The predicted octanol–water partition coefficient (Wildman–Crippen LogP) is 3.32. The summed E-state index contributed by atoms with van der Waals surface area (Å²) in [5.41, 5.74) is 1.06. The zero-order valence-corrected chi connectivity index (χ0v) is 10.7. The Morgan fingerprint density at radius 2 is 1.72 bits per heavy atom. The Morgan fingerprint density at radius 1 is 1.00 bits per heavy atom. The SMILES string of the molecule is O=S(c1ccccc1)C1CCOc2ccccc21. The molecule has 1 heterocycles. The normalized spacial score (nSPS) is 19.7. The van der Waals surface area contributed by atoms with Crippen molar-refractivity contribution in [2.45, 2.75) is 16.6 Å². The number of ether oxygens (including phenoxy) is 1. The summed E-state index contributed by atoms with van der Waals surface area (Å²) >= 11 is 0. The van der Waals surface area contributed by atoms with Gasteiger partial charge in [0.1, 0.15) is 5.75 Å². The van der Waals surface area contributed by atoms with Crippen molar-refractivity contribution in [2.24, 2.45) is 0 Å². The van der Waals surface area contributed by atoms with E-state index in [9.17, 15) is 4.21 Å². The maximum absolute atomic E-state index is 12.6. The molecule has 0 aliphatic carbocycles. The third kappa shape index (κ3) is 2.06. The van der Waals surface area contributed by atoms with Crippen LogP contribution in [-0.4, -0.2) is 10.8 Å². The number of hydrogen-bond donors (Lipinski definition) is 0. The van der Waals surface area contributed by atoms with Crippen molar-refractivity contribution in [3.8, 4) is 5.75 Å². The standard InChI is InChI=1S/C15H14O2S/c16-18(12-6-2-1-3-7-12)15-10-11-17-14-9-5-4-8-13(14)15/h1-9,15H,10-11H2. The Hall–Kier alpha value is -1.61. The van der Waals surface area contributed by atoms with Crippen LogP contribution >= 0.6 is 0 Å². The van der Waals surface area contributed by atoms with E-state index in [1.165, 1.54) is 0 Å². The molecule has 18 heavy (non-hydrogen) atoms. The molecule has 0 spiro atoms. The van der Waals surface area contributed by atoms with Gasteiger partial charge in [0.05, 0.1) is 22.7 Å². The first-order valence-corrected chi connectivity index (χ1v) is 7.25. The summed E-state index contributed by atoms with van der Waals surface area (Å²) in [5, 5.41) is 0.0392. The second-order valence-corrected chi connectivity index (χ2v) is 5.91. The van der Waals surface area contributed by atoms with Gasteiger partial charge in [-0.05, 0) is 18.2 Å². The summed E-state index contributed by atoms with van der Waals surface area (Å²) in [7, 11) is -1.01. The van der Waals surface area contributed by atoms with E-state index in [2.05, 4.69) is 0 Å². The molecule has 1 aliphatic rings. The maximum atomic E-state index is 12.6. The van der Waals surface area contributed by atoms with E-state index in [1.807, 2.05) is 54.6 Å². The Balaban J connectivity index is 1.97. The largest absolute Gasteiger partial charge is 0.493 e. The Labute approximate surface area is 109 Å².